The van der Waals surface area contributed by atoms with Gasteiger partial charge in [0.15, 0.2) is 5.78 Å². The molecule has 5 rings (SSSR count). The third-order valence-electron chi connectivity index (χ3n) is 14.2. The van der Waals surface area contributed by atoms with Gasteiger partial charge in [0.05, 0.1) is 23.6 Å². The maximum absolute atomic E-state index is 13.6. The lowest BCUT2D eigenvalue weighted by Crippen LogP contribution is -2.67. The van der Waals surface area contributed by atoms with Gasteiger partial charge in [0, 0.05) is 11.8 Å². The van der Waals surface area contributed by atoms with Crippen molar-refractivity contribution in [3.63, 3.8) is 0 Å². The fourth-order valence-electron chi connectivity index (χ4n) is 11.9. The molecule has 9 heteroatoms. The van der Waals surface area contributed by atoms with E-state index in [1.54, 1.807) is 13.8 Å². The Balaban J connectivity index is 1.47. The molecule has 0 aromatic heterocycles. The summed E-state index contributed by atoms with van der Waals surface area (Å²) < 4.78 is 34.5. The molecule has 8 atom stereocenters. The van der Waals surface area contributed by atoms with Crippen LogP contribution in [-0.2, 0) is 29.1 Å². The second kappa shape index (κ2) is 10.6. The van der Waals surface area contributed by atoms with E-state index >= 15 is 0 Å². The Kier molecular flexibility index (Phi) is 8.17. The summed E-state index contributed by atoms with van der Waals surface area (Å²) >= 11 is 0. The lowest BCUT2D eigenvalue weighted by atomic mass is 9.33. The summed E-state index contributed by atoms with van der Waals surface area (Å²) in [5, 5.41) is 9.54. The van der Waals surface area contributed by atoms with Gasteiger partial charge < -0.3 is 9.84 Å². The number of carbonyl (C=O) groups is 3. The zero-order valence-corrected chi connectivity index (χ0v) is 30.1. The number of hydrogen-bond donors (Lipinski definition) is 2. The lowest BCUT2D eigenvalue weighted by molar-refractivity contribution is -0.232. The minimum Gasteiger partial charge on any atom is -0.481 e. The smallest absolute Gasteiger partial charge is 0.309 e. The van der Waals surface area contributed by atoms with E-state index < -0.39 is 32.9 Å². The van der Waals surface area contributed by atoms with Crippen LogP contribution in [0.3, 0.4) is 0 Å². The van der Waals surface area contributed by atoms with Crippen LogP contribution in [0.15, 0.2) is 11.1 Å². The molecular formula is C36H57NO7S. The molecule has 2 unspecified atom stereocenters. The van der Waals surface area contributed by atoms with Crippen molar-refractivity contribution in [1.82, 2.24) is 4.72 Å². The van der Waals surface area contributed by atoms with Gasteiger partial charge in [-0.3, -0.25) is 14.4 Å². The molecule has 4 saturated carbocycles. The third-order valence-corrected chi connectivity index (χ3v) is 15.0. The first-order valence-corrected chi connectivity index (χ1v) is 19.0. The van der Waals surface area contributed by atoms with Crippen LogP contribution in [0, 0.1) is 50.7 Å². The number of hydrogen-bond acceptors (Lipinski definition) is 6. The normalized spacial score (nSPS) is 41.2. The van der Waals surface area contributed by atoms with E-state index in [1.165, 1.54) is 6.26 Å². The summed E-state index contributed by atoms with van der Waals surface area (Å²) in [6.45, 7) is 19.1. The molecule has 0 saturated heterocycles. The number of rotatable bonds is 7. The van der Waals surface area contributed by atoms with Gasteiger partial charge in [-0.1, -0.05) is 48.5 Å². The number of sulfonamides is 1. The number of fused-ring (bicyclic) bond motifs is 7. The number of esters is 1. The van der Waals surface area contributed by atoms with E-state index in [0.29, 0.717) is 18.3 Å². The predicted octanol–water partition coefficient (Wildman–Crippen LogP) is 6.68. The van der Waals surface area contributed by atoms with Crippen LogP contribution in [0.25, 0.3) is 0 Å². The molecule has 254 valence electrons. The highest BCUT2D eigenvalue weighted by Crippen LogP contribution is 2.76. The highest BCUT2D eigenvalue weighted by Gasteiger charge is 2.70. The van der Waals surface area contributed by atoms with Crippen molar-refractivity contribution >= 4 is 27.7 Å². The number of allylic oxidation sites excluding steroid dienone is 1. The summed E-state index contributed by atoms with van der Waals surface area (Å²) in [7, 11) is -3.52. The number of Topliss-reactive ketones (excluding diaryl/α,β-unsaturated/α-hetero) is 1. The van der Waals surface area contributed by atoms with Crippen LogP contribution < -0.4 is 4.72 Å². The Hall–Kier alpha value is -1.74. The number of carboxylic acids is 1. The van der Waals surface area contributed by atoms with Crippen molar-refractivity contribution in [3.8, 4) is 0 Å². The van der Waals surface area contributed by atoms with E-state index in [4.69, 9.17) is 4.74 Å². The molecule has 0 aromatic carbocycles. The average molecular weight is 648 g/mol. The summed E-state index contributed by atoms with van der Waals surface area (Å²) in [6.07, 6.45) is 8.26. The Morgan fingerprint density at radius 2 is 1.60 bits per heavy atom. The van der Waals surface area contributed by atoms with Gasteiger partial charge in [-0.05, 0) is 116 Å². The molecule has 5 aliphatic rings. The van der Waals surface area contributed by atoms with E-state index in [9.17, 15) is 27.9 Å². The van der Waals surface area contributed by atoms with Crippen molar-refractivity contribution in [2.45, 2.75) is 138 Å². The number of carboxylic acid groups (broad SMARTS) is 1. The topological polar surface area (TPSA) is 127 Å². The first kappa shape index (κ1) is 34.6. The van der Waals surface area contributed by atoms with Crippen molar-refractivity contribution in [2.24, 2.45) is 50.7 Å². The van der Waals surface area contributed by atoms with Crippen molar-refractivity contribution < 1.29 is 32.6 Å². The number of carbonyl (C=O) groups excluding carboxylic acids is 2. The fraction of sp³-hybridized carbons (Fsp3) is 0.861. The van der Waals surface area contributed by atoms with Crippen molar-refractivity contribution in [2.75, 3.05) is 6.26 Å². The van der Waals surface area contributed by atoms with Gasteiger partial charge in [0.2, 0.25) is 10.0 Å². The minimum atomic E-state index is -3.52. The quantitative estimate of drug-likeness (QED) is 0.295. The fourth-order valence-corrected chi connectivity index (χ4v) is 12.9. The first-order valence-electron chi connectivity index (χ1n) is 17.1. The maximum Gasteiger partial charge on any atom is 0.309 e. The average Bonchev–Trinajstić information content (AvgIpc) is 3.16. The van der Waals surface area contributed by atoms with E-state index in [-0.39, 0.29) is 58.2 Å². The second-order valence-corrected chi connectivity index (χ2v) is 19.6. The highest BCUT2D eigenvalue weighted by atomic mass is 32.2. The summed E-state index contributed by atoms with van der Waals surface area (Å²) in [5.74, 6) is -0.366. The molecule has 0 radical (unpaired) electrons. The molecule has 5 aliphatic carbocycles. The maximum atomic E-state index is 13.6. The number of aliphatic carboxylic acids is 1. The summed E-state index contributed by atoms with van der Waals surface area (Å²) in [4.78, 5) is 38.2. The minimum absolute atomic E-state index is 0.00421. The molecule has 45 heavy (non-hydrogen) atoms. The molecule has 0 aliphatic heterocycles. The van der Waals surface area contributed by atoms with Crippen LogP contribution in [0.5, 0.6) is 0 Å². The molecule has 4 fully saturated rings. The molecule has 0 bridgehead atoms. The Morgan fingerprint density at radius 1 is 0.956 bits per heavy atom. The van der Waals surface area contributed by atoms with E-state index in [0.717, 1.165) is 56.1 Å². The molecule has 0 aromatic rings. The van der Waals surface area contributed by atoms with Crippen molar-refractivity contribution in [3.05, 3.63) is 11.1 Å². The van der Waals surface area contributed by atoms with Crippen LogP contribution in [0.1, 0.15) is 127 Å². The SMILES string of the molecule is CC(C)C1=C2[C@H]3CCC4[C@@]5(C)CC[C@H](OC(=O)CC(C)(C)C(=O)O)C(C)(C)C5CC[C@@]4(C)[C@]3(C)CC[C@@]2(NS(C)(=O)=O)CC1=O. The van der Waals surface area contributed by atoms with E-state index in [1.807, 2.05) is 0 Å². The summed E-state index contributed by atoms with van der Waals surface area (Å²) in [6, 6.07) is 0. The Labute approximate surface area is 270 Å². The highest BCUT2D eigenvalue weighted by molar-refractivity contribution is 7.88. The van der Waals surface area contributed by atoms with Crippen LogP contribution in [0.2, 0.25) is 0 Å². The molecule has 0 amide bonds. The lowest BCUT2D eigenvalue weighted by Gasteiger charge is -2.72. The zero-order valence-electron chi connectivity index (χ0n) is 29.3. The number of ether oxygens (including phenoxy) is 1. The van der Waals surface area contributed by atoms with E-state index in [2.05, 4.69) is 53.2 Å². The van der Waals surface area contributed by atoms with Gasteiger partial charge in [0.25, 0.3) is 0 Å². The van der Waals surface area contributed by atoms with Gasteiger partial charge in [-0.2, -0.15) is 0 Å². The number of ketones is 1. The predicted molar refractivity (Wildman–Crippen MR) is 174 cm³/mol. The molecule has 2 N–H and O–H groups in total. The molecule has 0 spiro atoms. The molecule has 8 nitrogen and oxygen atoms in total. The first-order chi connectivity index (χ1) is 20.5. The second-order valence-electron chi connectivity index (χ2n) is 17.9. The zero-order chi connectivity index (χ0) is 33.8. The number of nitrogens with one attached hydrogen (secondary N) is 1. The van der Waals surface area contributed by atoms with Crippen molar-refractivity contribution in [1.29, 1.82) is 0 Å². The van der Waals surface area contributed by atoms with Crippen LogP contribution >= 0.6 is 0 Å². The largest absolute Gasteiger partial charge is 0.481 e. The van der Waals surface area contributed by atoms with Crippen LogP contribution in [-0.4, -0.2) is 49.1 Å². The van der Waals surface area contributed by atoms with Gasteiger partial charge in [0.1, 0.15) is 6.10 Å². The molecular weight excluding hydrogens is 590 g/mol. The Bertz CT molecular complexity index is 1430. The van der Waals surface area contributed by atoms with Gasteiger partial charge >= 0.3 is 11.9 Å². The molecule has 0 heterocycles. The summed E-state index contributed by atoms with van der Waals surface area (Å²) in [5.41, 5.74) is -0.332. The Morgan fingerprint density at radius 3 is 2.18 bits per heavy atom. The third kappa shape index (κ3) is 5.16. The van der Waals surface area contributed by atoms with Gasteiger partial charge in [-0.15, -0.1) is 0 Å². The van der Waals surface area contributed by atoms with Crippen LogP contribution in [0.4, 0.5) is 0 Å². The standard InChI is InChI=1S/C36H57NO7S/c1-21(2)28-23(38)19-36(37-45(10,42)43)18-17-34(8)22(29(28)36)11-12-25-33(7)15-14-26(44-27(39)20-31(3,4)30(40)41)32(5,6)24(33)13-16-35(25,34)9/h21-22,24-26,37H,11-20H2,1-10H3,(H,40,41)/t22-,24?,25?,26+,33+,34-,35-,36-/m1/s1. The monoisotopic (exact) mass is 647 g/mol. The van der Waals surface area contributed by atoms with Gasteiger partial charge in [-0.25, -0.2) is 13.1 Å².